The van der Waals surface area contributed by atoms with Crippen LogP contribution < -0.4 is 16.5 Å². The van der Waals surface area contributed by atoms with Crippen LogP contribution in [0.15, 0.2) is 78.9 Å². The minimum absolute atomic E-state index is 0.0138. The summed E-state index contributed by atoms with van der Waals surface area (Å²) in [6, 6.07) is 22.9. The SMILES string of the molecule is Cc1cccc(CN2CCN([C@H](C(=O)N[C@@H](Cc3ccccc3)[C@@H](O)CN(Cc3ccccc3)NC(=O)CC(C)(C)COC(N)=O)C(C)(C)C)C2=O)n1. The molecule has 5 amide bonds. The molecule has 0 radical (unpaired) electrons. The van der Waals surface area contributed by atoms with E-state index < -0.39 is 35.1 Å². The zero-order chi connectivity index (χ0) is 38.8. The molecule has 0 saturated carbocycles. The van der Waals surface area contributed by atoms with Gasteiger partial charge in [-0.2, -0.15) is 0 Å². The number of benzene rings is 2. The van der Waals surface area contributed by atoms with Gasteiger partial charge < -0.3 is 30.7 Å². The lowest BCUT2D eigenvalue weighted by molar-refractivity contribution is -0.132. The molecule has 2 aromatic carbocycles. The van der Waals surface area contributed by atoms with E-state index in [0.717, 1.165) is 22.5 Å². The molecule has 0 spiro atoms. The number of hydrazine groups is 1. The van der Waals surface area contributed by atoms with Crippen LogP contribution in [-0.4, -0.2) is 93.3 Å². The number of amides is 5. The summed E-state index contributed by atoms with van der Waals surface area (Å²) in [6.07, 6.45) is -1.75. The van der Waals surface area contributed by atoms with E-state index in [4.69, 9.17) is 10.5 Å². The summed E-state index contributed by atoms with van der Waals surface area (Å²) in [5, 5.41) is 16.7. The highest BCUT2D eigenvalue weighted by molar-refractivity contribution is 5.89. The first-order valence-corrected chi connectivity index (χ1v) is 18.0. The second kappa shape index (κ2) is 18.2. The number of rotatable bonds is 17. The average molecular weight is 730 g/mol. The molecule has 1 aliphatic rings. The second-order valence-corrected chi connectivity index (χ2v) is 15.7. The topological polar surface area (TPSA) is 170 Å². The third-order valence-electron chi connectivity index (χ3n) is 9.05. The Morgan fingerprint density at radius 3 is 2.19 bits per heavy atom. The zero-order valence-corrected chi connectivity index (χ0v) is 31.7. The van der Waals surface area contributed by atoms with Crippen LogP contribution in [0.4, 0.5) is 9.59 Å². The molecular formula is C40H55N7O6. The zero-order valence-electron chi connectivity index (χ0n) is 31.7. The maximum absolute atomic E-state index is 14.4. The standard InChI is InChI=1S/C40H55N7O6/c1-28-14-13-19-31(42-28)25-45-20-21-47(38(45)52)35(39(2,3)4)36(50)43-32(22-29-15-9-7-10-16-29)33(48)26-46(24-30-17-11-8-12-18-30)44-34(49)23-40(5,6)27-53-37(41)51/h7-19,32-33,35,48H,20-27H2,1-6H3,(H2,41,51)(H,43,50)(H,44,49)/t32-,33-,35+/m0/s1. The molecule has 1 aromatic heterocycles. The molecule has 2 heterocycles. The predicted octanol–water partition coefficient (Wildman–Crippen LogP) is 4.18. The van der Waals surface area contributed by atoms with Gasteiger partial charge in [0.1, 0.15) is 6.04 Å². The fourth-order valence-electron chi connectivity index (χ4n) is 6.56. The van der Waals surface area contributed by atoms with E-state index in [1.54, 1.807) is 28.7 Å². The van der Waals surface area contributed by atoms with Crippen molar-refractivity contribution in [2.24, 2.45) is 16.6 Å². The van der Waals surface area contributed by atoms with Gasteiger partial charge in [-0.25, -0.2) is 14.6 Å². The molecule has 13 nitrogen and oxygen atoms in total. The van der Waals surface area contributed by atoms with Crippen LogP contribution >= 0.6 is 0 Å². The first kappa shape index (κ1) is 40.8. The molecule has 1 fully saturated rings. The number of nitrogens with one attached hydrogen (secondary N) is 2. The number of hydrogen-bond acceptors (Lipinski definition) is 8. The van der Waals surface area contributed by atoms with Crippen LogP contribution in [0.1, 0.15) is 63.6 Å². The summed E-state index contributed by atoms with van der Waals surface area (Å²) < 4.78 is 4.96. The summed E-state index contributed by atoms with van der Waals surface area (Å²) in [6.45, 7) is 12.6. The van der Waals surface area contributed by atoms with Gasteiger partial charge in [0.05, 0.1) is 31.0 Å². The smallest absolute Gasteiger partial charge is 0.404 e. The number of urea groups is 1. The van der Waals surface area contributed by atoms with Crippen molar-refractivity contribution in [2.45, 2.75) is 85.7 Å². The minimum Gasteiger partial charge on any atom is -0.449 e. The van der Waals surface area contributed by atoms with E-state index in [1.807, 2.05) is 107 Å². The van der Waals surface area contributed by atoms with Gasteiger partial charge in [-0.3, -0.25) is 20.0 Å². The van der Waals surface area contributed by atoms with Gasteiger partial charge >= 0.3 is 12.1 Å². The number of hydrogen-bond donors (Lipinski definition) is 4. The van der Waals surface area contributed by atoms with E-state index in [-0.39, 0.29) is 44.0 Å². The number of aliphatic hydroxyl groups excluding tert-OH is 1. The molecule has 286 valence electrons. The number of nitrogens with zero attached hydrogens (tertiary/aromatic N) is 4. The van der Waals surface area contributed by atoms with E-state index in [0.29, 0.717) is 26.1 Å². The van der Waals surface area contributed by atoms with Crippen molar-refractivity contribution in [3.63, 3.8) is 0 Å². The second-order valence-electron chi connectivity index (χ2n) is 15.7. The molecule has 13 heteroatoms. The van der Waals surface area contributed by atoms with Crippen molar-refractivity contribution < 1.29 is 29.0 Å². The lowest BCUT2D eigenvalue weighted by Crippen LogP contribution is -2.59. The molecule has 0 aliphatic carbocycles. The number of ether oxygens (including phenoxy) is 1. The third kappa shape index (κ3) is 12.6. The largest absolute Gasteiger partial charge is 0.449 e. The fraction of sp³-hybridized carbons (Fsp3) is 0.475. The molecule has 53 heavy (non-hydrogen) atoms. The van der Waals surface area contributed by atoms with Crippen LogP contribution in [0, 0.1) is 17.8 Å². The number of aromatic nitrogens is 1. The Labute approximate surface area is 312 Å². The van der Waals surface area contributed by atoms with Crippen LogP contribution in [0.2, 0.25) is 0 Å². The summed E-state index contributed by atoms with van der Waals surface area (Å²) in [7, 11) is 0. The maximum atomic E-state index is 14.4. The van der Waals surface area contributed by atoms with Gasteiger partial charge in [0, 0.05) is 43.7 Å². The lowest BCUT2D eigenvalue weighted by atomic mass is 9.84. The highest BCUT2D eigenvalue weighted by Gasteiger charge is 2.44. The Bertz CT molecular complexity index is 1680. The Morgan fingerprint density at radius 1 is 0.943 bits per heavy atom. The van der Waals surface area contributed by atoms with Crippen LogP contribution in [-0.2, 0) is 33.8 Å². The van der Waals surface area contributed by atoms with Gasteiger partial charge in [0.2, 0.25) is 11.8 Å². The van der Waals surface area contributed by atoms with Crippen molar-refractivity contribution in [1.82, 2.24) is 30.5 Å². The van der Waals surface area contributed by atoms with Crippen molar-refractivity contribution in [2.75, 3.05) is 26.2 Å². The van der Waals surface area contributed by atoms with Crippen molar-refractivity contribution in [3.8, 4) is 0 Å². The molecule has 1 saturated heterocycles. The fourth-order valence-corrected chi connectivity index (χ4v) is 6.56. The molecule has 4 rings (SSSR count). The van der Waals surface area contributed by atoms with E-state index >= 15 is 0 Å². The summed E-state index contributed by atoms with van der Waals surface area (Å²) in [5.74, 6) is -0.725. The van der Waals surface area contributed by atoms with E-state index in [9.17, 15) is 24.3 Å². The number of nitrogens with two attached hydrogens (primary N) is 1. The normalized spacial score (nSPS) is 15.2. The quantitative estimate of drug-likeness (QED) is 0.150. The predicted molar refractivity (Wildman–Crippen MR) is 202 cm³/mol. The molecular weight excluding hydrogens is 674 g/mol. The van der Waals surface area contributed by atoms with Crippen LogP contribution in [0.25, 0.3) is 0 Å². The molecule has 5 N–H and O–H groups in total. The van der Waals surface area contributed by atoms with Crippen LogP contribution in [0.5, 0.6) is 0 Å². The monoisotopic (exact) mass is 729 g/mol. The number of aliphatic hydroxyl groups is 1. The van der Waals surface area contributed by atoms with Gasteiger partial charge in [0.15, 0.2) is 0 Å². The summed E-state index contributed by atoms with van der Waals surface area (Å²) >= 11 is 0. The average Bonchev–Trinajstić information content (AvgIpc) is 3.41. The number of aryl methyl sites for hydroxylation is 1. The molecule has 3 atom stereocenters. The van der Waals surface area contributed by atoms with Crippen molar-refractivity contribution in [1.29, 1.82) is 0 Å². The molecule has 0 bridgehead atoms. The van der Waals surface area contributed by atoms with Gasteiger partial charge in [-0.15, -0.1) is 0 Å². The Morgan fingerprint density at radius 2 is 1.58 bits per heavy atom. The number of carbonyl (C=O) groups is 4. The van der Waals surface area contributed by atoms with Gasteiger partial charge in [-0.05, 0) is 42.0 Å². The minimum atomic E-state index is -1.15. The van der Waals surface area contributed by atoms with Crippen LogP contribution in [0.3, 0.4) is 0 Å². The Kier molecular flexibility index (Phi) is 14.0. The molecule has 3 aromatic rings. The summed E-state index contributed by atoms with van der Waals surface area (Å²) in [5.41, 5.74) is 10.1. The Balaban J connectivity index is 1.55. The maximum Gasteiger partial charge on any atom is 0.404 e. The number of carbonyl (C=O) groups excluding carboxylic acids is 4. The number of pyridine rings is 1. The first-order chi connectivity index (χ1) is 25.0. The first-order valence-electron chi connectivity index (χ1n) is 18.0. The van der Waals surface area contributed by atoms with Crippen molar-refractivity contribution in [3.05, 3.63) is 101 Å². The van der Waals surface area contributed by atoms with Gasteiger partial charge in [0.25, 0.3) is 0 Å². The lowest BCUT2D eigenvalue weighted by Gasteiger charge is -2.38. The van der Waals surface area contributed by atoms with E-state index in [1.165, 1.54) is 0 Å². The highest BCUT2D eigenvalue weighted by Crippen LogP contribution is 2.29. The molecule has 1 aliphatic heterocycles. The summed E-state index contributed by atoms with van der Waals surface area (Å²) in [4.78, 5) is 60.6. The Hall–Kier alpha value is -5.01. The van der Waals surface area contributed by atoms with E-state index in [2.05, 4.69) is 15.7 Å². The molecule has 0 unspecified atom stereocenters. The highest BCUT2D eigenvalue weighted by atomic mass is 16.5. The third-order valence-corrected chi connectivity index (χ3v) is 9.05. The van der Waals surface area contributed by atoms with Crippen molar-refractivity contribution >= 4 is 23.9 Å². The van der Waals surface area contributed by atoms with Gasteiger partial charge in [-0.1, -0.05) is 101 Å². The number of primary amides is 1.